The number of benzene rings is 2. The molecule has 2 saturated heterocycles. The zero-order chi connectivity index (χ0) is 19.1. The van der Waals surface area contributed by atoms with E-state index in [4.69, 9.17) is 9.47 Å². The van der Waals surface area contributed by atoms with Gasteiger partial charge in [-0.25, -0.2) is 0 Å². The highest BCUT2D eigenvalue weighted by molar-refractivity contribution is 5.52. The summed E-state index contributed by atoms with van der Waals surface area (Å²) in [6, 6.07) is 13.9. The van der Waals surface area contributed by atoms with Crippen LogP contribution in [-0.2, 0) is 21.3 Å². The zero-order valence-corrected chi connectivity index (χ0v) is 15.1. The van der Waals surface area contributed by atoms with Crippen molar-refractivity contribution in [1.82, 2.24) is 0 Å². The minimum Gasteiger partial charge on any atom is -0.375 e. The van der Waals surface area contributed by atoms with Crippen molar-refractivity contribution in [1.29, 1.82) is 0 Å². The van der Waals surface area contributed by atoms with Crippen molar-refractivity contribution in [3.05, 3.63) is 65.2 Å². The lowest BCUT2D eigenvalue weighted by molar-refractivity contribution is -0.202. The lowest BCUT2D eigenvalue weighted by atomic mass is 9.91. The van der Waals surface area contributed by atoms with Crippen LogP contribution in [-0.4, -0.2) is 26.9 Å². The summed E-state index contributed by atoms with van der Waals surface area (Å²) < 4.78 is 49.3. The molecule has 0 N–H and O–H groups in total. The summed E-state index contributed by atoms with van der Waals surface area (Å²) in [5.41, 5.74) is 2.13. The van der Waals surface area contributed by atoms with Crippen molar-refractivity contribution in [2.24, 2.45) is 0 Å². The van der Waals surface area contributed by atoms with Crippen molar-refractivity contribution >= 4 is 5.69 Å². The summed E-state index contributed by atoms with van der Waals surface area (Å²) in [7, 11) is 1.69. The standard InChI is InChI=1S/C21H22F3NO2/c1-26-20(13-27-14-20)16-8-10-18(11-9-16)25-12-2-3-19(25)15-4-6-17(7-5-15)21(22,23)24/h4-11,19H,2-3,12-14H2,1H3. The molecule has 0 saturated carbocycles. The fourth-order valence-corrected chi connectivity index (χ4v) is 3.96. The molecule has 0 radical (unpaired) electrons. The third-order valence-electron chi connectivity index (χ3n) is 5.66. The van der Waals surface area contributed by atoms with Gasteiger partial charge >= 0.3 is 6.18 Å². The maximum absolute atomic E-state index is 12.8. The summed E-state index contributed by atoms with van der Waals surface area (Å²) >= 11 is 0. The molecule has 0 aliphatic carbocycles. The quantitative estimate of drug-likeness (QED) is 0.755. The lowest BCUT2D eigenvalue weighted by Crippen LogP contribution is -2.48. The molecule has 2 aliphatic rings. The van der Waals surface area contributed by atoms with Crippen molar-refractivity contribution in [3.63, 3.8) is 0 Å². The van der Waals surface area contributed by atoms with Gasteiger partial charge in [-0.1, -0.05) is 24.3 Å². The molecule has 0 bridgehead atoms. The molecule has 2 aromatic rings. The number of hydrogen-bond donors (Lipinski definition) is 0. The normalized spacial score (nSPS) is 21.9. The Balaban J connectivity index is 1.55. The Morgan fingerprint density at radius 3 is 2.22 bits per heavy atom. The molecule has 0 amide bonds. The number of halogens is 3. The molecule has 6 heteroatoms. The first-order valence-electron chi connectivity index (χ1n) is 9.10. The Kier molecular flexibility index (Phi) is 4.64. The van der Waals surface area contributed by atoms with Crippen LogP contribution in [0.4, 0.5) is 18.9 Å². The number of ether oxygens (including phenoxy) is 2. The molecule has 2 aliphatic heterocycles. The van der Waals surface area contributed by atoms with Crippen LogP contribution in [0, 0.1) is 0 Å². The Hall–Kier alpha value is -2.05. The van der Waals surface area contributed by atoms with Gasteiger partial charge in [0.05, 0.1) is 24.8 Å². The highest BCUT2D eigenvalue weighted by Gasteiger charge is 2.40. The monoisotopic (exact) mass is 377 g/mol. The van der Waals surface area contributed by atoms with Gasteiger partial charge in [0.15, 0.2) is 0 Å². The molecule has 2 aromatic carbocycles. The molecule has 3 nitrogen and oxygen atoms in total. The van der Waals surface area contributed by atoms with Gasteiger partial charge in [-0.15, -0.1) is 0 Å². The van der Waals surface area contributed by atoms with Crippen molar-refractivity contribution in [2.45, 2.75) is 30.7 Å². The highest BCUT2D eigenvalue weighted by Crippen LogP contribution is 2.39. The van der Waals surface area contributed by atoms with E-state index >= 15 is 0 Å². The number of nitrogens with zero attached hydrogens (tertiary/aromatic N) is 1. The van der Waals surface area contributed by atoms with Crippen molar-refractivity contribution in [3.8, 4) is 0 Å². The highest BCUT2D eigenvalue weighted by atomic mass is 19.4. The summed E-state index contributed by atoms with van der Waals surface area (Å²) in [5, 5.41) is 0. The van der Waals surface area contributed by atoms with E-state index < -0.39 is 11.7 Å². The van der Waals surface area contributed by atoms with E-state index in [1.807, 2.05) is 0 Å². The van der Waals surface area contributed by atoms with Crippen molar-refractivity contribution in [2.75, 3.05) is 31.8 Å². The molecule has 4 rings (SSSR count). The molecule has 2 fully saturated rings. The van der Waals surface area contributed by atoms with Gasteiger partial charge in [0.1, 0.15) is 5.60 Å². The molecule has 2 heterocycles. The zero-order valence-electron chi connectivity index (χ0n) is 15.1. The van der Waals surface area contributed by atoms with Crippen LogP contribution >= 0.6 is 0 Å². The van der Waals surface area contributed by atoms with E-state index in [9.17, 15) is 13.2 Å². The van der Waals surface area contributed by atoms with E-state index in [0.29, 0.717) is 13.2 Å². The molecule has 0 aromatic heterocycles. The molecular formula is C21H22F3NO2. The summed E-state index contributed by atoms with van der Waals surface area (Å²) in [4.78, 5) is 2.27. The largest absolute Gasteiger partial charge is 0.416 e. The van der Waals surface area contributed by atoms with Gasteiger partial charge in [0.2, 0.25) is 0 Å². The fourth-order valence-electron chi connectivity index (χ4n) is 3.96. The lowest BCUT2D eigenvalue weighted by Gasteiger charge is -2.40. The number of rotatable bonds is 4. The van der Waals surface area contributed by atoms with Crippen LogP contribution in [0.25, 0.3) is 0 Å². The van der Waals surface area contributed by atoms with Crippen LogP contribution < -0.4 is 4.90 Å². The van der Waals surface area contributed by atoms with E-state index in [2.05, 4.69) is 29.2 Å². The van der Waals surface area contributed by atoms with E-state index in [-0.39, 0.29) is 11.6 Å². The molecule has 27 heavy (non-hydrogen) atoms. The SMILES string of the molecule is COC1(c2ccc(N3CCCC3c3ccc(C(F)(F)F)cc3)cc2)COC1. The van der Waals surface area contributed by atoms with E-state index in [1.165, 1.54) is 12.1 Å². The average Bonchev–Trinajstić information content (AvgIpc) is 3.11. The Bertz CT molecular complexity index is 777. The number of methoxy groups -OCH3 is 1. The minimum absolute atomic E-state index is 0.0987. The Labute approximate surface area is 156 Å². The van der Waals surface area contributed by atoms with Gasteiger partial charge < -0.3 is 14.4 Å². The van der Waals surface area contributed by atoms with Crippen molar-refractivity contribution < 1.29 is 22.6 Å². The third-order valence-corrected chi connectivity index (χ3v) is 5.66. The van der Waals surface area contributed by atoms with E-state index in [1.54, 1.807) is 19.2 Å². The second-order valence-electron chi connectivity index (χ2n) is 7.21. The second-order valence-corrected chi connectivity index (χ2v) is 7.21. The number of hydrogen-bond acceptors (Lipinski definition) is 3. The topological polar surface area (TPSA) is 21.7 Å². The molecule has 1 atom stereocenters. The number of anilines is 1. The fraction of sp³-hybridized carbons (Fsp3) is 0.429. The first kappa shape index (κ1) is 18.3. The van der Waals surface area contributed by atoms with Gasteiger partial charge in [0.25, 0.3) is 0 Å². The van der Waals surface area contributed by atoms with Gasteiger partial charge in [-0.2, -0.15) is 13.2 Å². The summed E-state index contributed by atoms with van der Waals surface area (Å²) in [5.74, 6) is 0. The maximum atomic E-state index is 12.8. The van der Waals surface area contributed by atoms with Gasteiger partial charge in [-0.05, 0) is 48.2 Å². The van der Waals surface area contributed by atoms with E-state index in [0.717, 1.165) is 36.2 Å². The molecule has 144 valence electrons. The van der Waals surface area contributed by atoms with Gasteiger partial charge in [-0.3, -0.25) is 0 Å². The molecular weight excluding hydrogens is 355 g/mol. The van der Waals surface area contributed by atoms with Gasteiger partial charge in [0, 0.05) is 19.3 Å². The maximum Gasteiger partial charge on any atom is 0.416 e. The predicted molar refractivity (Wildman–Crippen MR) is 96.7 cm³/mol. The van der Waals surface area contributed by atoms with Crippen LogP contribution in [0.15, 0.2) is 48.5 Å². The molecule has 1 unspecified atom stereocenters. The third kappa shape index (κ3) is 3.32. The van der Waals surface area contributed by atoms with Crippen LogP contribution in [0.5, 0.6) is 0 Å². The first-order chi connectivity index (χ1) is 12.9. The smallest absolute Gasteiger partial charge is 0.375 e. The predicted octanol–water partition coefficient (Wildman–Crippen LogP) is 4.92. The average molecular weight is 377 g/mol. The summed E-state index contributed by atoms with van der Waals surface area (Å²) in [6.07, 6.45) is -2.35. The first-order valence-corrected chi connectivity index (χ1v) is 9.10. The van der Waals surface area contributed by atoms with Crippen LogP contribution in [0.3, 0.4) is 0 Å². The number of alkyl halides is 3. The summed E-state index contributed by atoms with van der Waals surface area (Å²) in [6.45, 7) is 2.01. The Morgan fingerprint density at radius 1 is 1.04 bits per heavy atom. The second kappa shape index (κ2) is 6.84. The Morgan fingerprint density at radius 2 is 1.70 bits per heavy atom. The van der Waals surface area contributed by atoms with Crippen LogP contribution in [0.2, 0.25) is 0 Å². The van der Waals surface area contributed by atoms with Crippen LogP contribution in [0.1, 0.15) is 35.6 Å². The molecule has 0 spiro atoms. The minimum atomic E-state index is -4.30.